The second-order valence-corrected chi connectivity index (χ2v) is 7.94. The average molecular weight is 230 g/mol. The Labute approximate surface area is 95.5 Å². The summed E-state index contributed by atoms with van der Waals surface area (Å²) in [6.45, 7) is 8.46. The van der Waals surface area contributed by atoms with Gasteiger partial charge >= 0.3 is 0 Å². The van der Waals surface area contributed by atoms with Crippen molar-refractivity contribution in [3.8, 4) is 0 Å². The van der Waals surface area contributed by atoms with Gasteiger partial charge in [-0.1, -0.05) is 27.2 Å². The first-order chi connectivity index (χ1) is 7.08. The lowest BCUT2D eigenvalue weighted by atomic mass is 10.1. The summed E-state index contributed by atoms with van der Waals surface area (Å²) in [5.41, 5.74) is 6.51. The molecule has 15 heavy (non-hydrogen) atoms. The smallest absolute Gasteiger partial charge is 0.211 e. The van der Waals surface area contributed by atoms with Crippen molar-refractivity contribution in [1.82, 2.24) is 5.32 Å². The third kappa shape index (κ3) is 3.87. The first-order valence-corrected chi connectivity index (χ1v) is 8.10. The molecule has 4 heteroatoms. The normalized spacial score (nSPS) is 26.6. The van der Waals surface area contributed by atoms with E-state index in [-0.39, 0.29) is 5.29 Å². The molecule has 0 amide bonds. The van der Waals surface area contributed by atoms with Crippen LogP contribution in [0, 0.1) is 5.92 Å². The van der Waals surface area contributed by atoms with Gasteiger partial charge in [-0.15, -0.1) is 0 Å². The lowest BCUT2D eigenvalue weighted by Crippen LogP contribution is -2.66. The Morgan fingerprint density at radius 1 is 1.47 bits per heavy atom. The second kappa shape index (κ2) is 5.99. The molecule has 90 valence electrons. The fraction of sp³-hybridized carbons (Fsp3) is 1.00. The van der Waals surface area contributed by atoms with Crippen molar-refractivity contribution in [3.63, 3.8) is 0 Å². The van der Waals surface area contributed by atoms with Gasteiger partial charge in [-0.2, -0.15) is 0 Å². The SMILES string of the molecule is CCNC(N)(CC(C)C)[SiH]1CCCCO1. The third-order valence-electron chi connectivity index (χ3n) is 3.01. The van der Waals surface area contributed by atoms with E-state index in [0.717, 1.165) is 19.6 Å². The van der Waals surface area contributed by atoms with Crippen molar-refractivity contribution in [3.05, 3.63) is 0 Å². The van der Waals surface area contributed by atoms with Crippen LogP contribution in [-0.2, 0) is 4.43 Å². The summed E-state index contributed by atoms with van der Waals surface area (Å²) in [6.07, 6.45) is 3.56. The molecule has 2 unspecified atom stereocenters. The molecule has 0 saturated carbocycles. The van der Waals surface area contributed by atoms with Gasteiger partial charge in [0.15, 0.2) is 0 Å². The Balaban J connectivity index is 2.60. The minimum Gasteiger partial charge on any atom is -0.417 e. The maximum Gasteiger partial charge on any atom is 0.211 e. The lowest BCUT2D eigenvalue weighted by Gasteiger charge is -2.40. The van der Waals surface area contributed by atoms with Gasteiger partial charge in [-0.05, 0) is 31.3 Å². The van der Waals surface area contributed by atoms with Crippen LogP contribution >= 0.6 is 0 Å². The zero-order chi connectivity index (χ0) is 11.3. The Hall–Kier alpha value is 0.0969. The quantitative estimate of drug-likeness (QED) is 0.554. The standard InChI is InChI=1S/C11H26N2OSi/c1-4-13-11(12,9-10(2)3)15-8-6-5-7-14-15/h10,13,15H,4-9,12H2,1-3H3. The minimum absolute atomic E-state index is 0.191. The summed E-state index contributed by atoms with van der Waals surface area (Å²) in [5, 5.41) is 3.28. The average Bonchev–Trinajstić information content (AvgIpc) is 2.18. The first-order valence-electron chi connectivity index (χ1n) is 6.24. The van der Waals surface area contributed by atoms with Crippen LogP contribution in [0.5, 0.6) is 0 Å². The highest BCUT2D eigenvalue weighted by atomic mass is 28.3. The monoisotopic (exact) mass is 230 g/mol. The van der Waals surface area contributed by atoms with Crippen molar-refractivity contribution in [1.29, 1.82) is 0 Å². The number of hydrogen-bond acceptors (Lipinski definition) is 3. The molecule has 3 N–H and O–H groups in total. The molecule has 1 aliphatic rings. The number of hydrogen-bond donors (Lipinski definition) is 2. The Morgan fingerprint density at radius 3 is 2.67 bits per heavy atom. The van der Waals surface area contributed by atoms with Crippen molar-refractivity contribution in [2.75, 3.05) is 13.2 Å². The lowest BCUT2D eigenvalue weighted by molar-refractivity contribution is 0.239. The molecule has 0 bridgehead atoms. The molecule has 0 aliphatic carbocycles. The van der Waals surface area contributed by atoms with Crippen LogP contribution in [0.3, 0.4) is 0 Å². The van der Waals surface area contributed by atoms with Gasteiger partial charge in [0.1, 0.15) is 0 Å². The van der Waals surface area contributed by atoms with Crippen LogP contribution in [0.2, 0.25) is 6.04 Å². The molecular formula is C11H26N2OSi. The minimum atomic E-state index is -1.26. The summed E-state index contributed by atoms with van der Waals surface area (Å²) < 4.78 is 5.95. The van der Waals surface area contributed by atoms with Gasteiger partial charge in [0.05, 0.1) is 5.29 Å². The van der Waals surface area contributed by atoms with E-state index < -0.39 is 9.04 Å². The first kappa shape index (κ1) is 13.2. The van der Waals surface area contributed by atoms with Crippen LogP contribution in [0.4, 0.5) is 0 Å². The molecule has 0 aromatic carbocycles. The second-order valence-electron chi connectivity index (χ2n) is 5.02. The van der Waals surface area contributed by atoms with Crippen molar-refractivity contribution in [2.45, 2.75) is 51.4 Å². The summed E-state index contributed by atoms with van der Waals surface area (Å²) in [7, 11) is -1.26. The van der Waals surface area contributed by atoms with Gasteiger partial charge < -0.3 is 15.5 Å². The van der Waals surface area contributed by atoms with E-state index in [2.05, 4.69) is 26.1 Å². The molecule has 0 radical (unpaired) electrons. The highest BCUT2D eigenvalue weighted by molar-refractivity contribution is 6.55. The Kier molecular flexibility index (Phi) is 5.25. The van der Waals surface area contributed by atoms with E-state index in [1.807, 2.05) is 0 Å². The summed E-state index contributed by atoms with van der Waals surface area (Å²) >= 11 is 0. The fourth-order valence-corrected chi connectivity index (χ4v) is 5.73. The van der Waals surface area contributed by atoms with E-state index in [0.29, 0.717) is 5.92 Å². The summed E-state index contributed by atoms with van der Waals surface area (Å²) in [4.78, 5) is 0. The molecule has 1 aliphatic heterocycles. The van der Waals surface area contributed by atoms with Gasteiger partial charge in [0.25, 0.3) is 0 Å². The van der Waals surface area contributed by atoms with Crippen molar-refractivity contribution >= 4 is 9.04 Å². The van der Waals surface area contributed by atoms with Crippen LogP contribution in [0.1, 0.15) is 40.0 Å². The summed E-state index contributed by atoms with van der Waals surface area (Å²) in [6, 6.07) is 1.23. The van der Waals surface area contributed by atoms with E-state index in [9.17, 15) is 0 Å². The molecule has 3 nitrogen and oxygen atoms in total. The van der Waals surface area contributed by atoms with Crippen LogP contribution < -0.4 is 11.1 Å². The number of nitrogens with one attached hydrogen (secondary N) is 1. The van der Waals surface area contributed by atoms with Gasteiger partial charge in [-0.25, -0.2) is 0 Å². The van der Waals surface area contributed by atoms with Crippen LogP contribution in [0.15, 0.2) is 0 Å². The fourth-order valence-electron chi connectivity index (χ4n) is 2.47. The highest BCUT2D eigenvalue weighted by Crippen LogP contribution is 2.23. The van der Waals surface area contributed by atoms with Gasteiger partial charge in [-0.3, -0.25) is 0 Å². The molecule has 1 heterocycles. The predicted molar refractivity (Wildman–Crippen MR) is 67.2 cm³/mol. The molecule has 1 rings (SSSR count). The Morgan fingerprint density at radius 2 is 2.20 bits per heavy atom. The van der Waals surface area contributed by atoms with Crippen LogP contribution in [0.25, 0.3) is 0 Å². The molecule has 0 spiro atoms. The van der Waals surface area contributed by atoms with E-state index in [1.54, 1.807) is 0 Å². The molecule has 2 atom stereocenters. The topological polar surface area (TPSA) is 47.3 Å². The van der Waals surface area contributed by atoms with E-state index >= 15 is 0 Å². The Bertz CT molecular complexity index is 183. The molecule has 0 aromatic rings. The van der Waals surface area contributed by atoms with Gasteiger partial charge in [0, 0.05) is 6.61 Å². The largest absolute Gasteiger partial charge is 0.417 e. The maximum atomic E-state index is 6.51. The molecule has 0 aromatic heterocycles. The number of nitrogens with two attached hydrogens (primary N) is 1. The van der Waals surface area contributed by atoms with Gasteiger partial charge in [0.2, 0.25) is 9.04 Å². The van der Waals surface area contributed by atoms with E-state index in [1.165, 1.54) is 18.9 Å². The third-order valence-corrected chi connectivity index (χ3v) is 6.17. The van der Waals surface area contributed by atoms with Crippen LogP contribution in [-0.4, -0.2) is 27.5 Å². The zero-order valence-corrected chi connectivity index (χ0v) is 11.5. The van der Waals surface area contributed by atoms with Crippen molar-refractivity contribution < 1.29 is 4.43 Å². The molecule has 1 saturated heterocycles. The van der Waals surface area contributed by atoms with Crippen molar-refractivity contribution in [2.24, 2.45) is 11.7 Å². The number of rotatable bonds is 5. The molecule has 1 fully saturated rings. The summed E-state index contributed by atoms with van der Waals surface area (Å²) in [5.74, 6) is 0.632. The van der Waals surface area contributed by atoms with E-state index in [4.69, 9.17) is 10.2 Å². The molecular weight excluding hydrogens is 204 g/mol. The predicted octanol–water partition coefficient (Wildman–Crippen LogP) is 1.37. The maximum absolute atomic E-state index is 6.51. The zero-order valence-electron chi connectivity index (χ0n) is 10.4. The highest BCUT2D eigenvalue weighted by Gasteiger charge is 2.38.